The number of piperazine rings is 1. The van der Waals surface area contributed by atoms with Crippen molar-refractivity contribution in [2.24, 2.45) is 5.92 Å². The van der Waals surface area contributed by atoms with Crippen molar-refractivity contribution in [1.82, 2.24) is 10.2 Å². The van der Waals surface area contributed by atoms with Gasteiger partial charge in [-0.1, -0.05) is 0 Å². The van der Waals surface area contributed by atoms with Gasteiger partial charge in [0.15, 0.2) is 0 Å². The molecular weight excluding hydrogens is 224 g/mol. The molecular formula is C15H28N2O. The monoisotopic (exact) mass is 252 g/mol. The third-order valence-electron chi connectivity index (χ3n) is 4.98. The highest BCUT2D eigenvalue weighted by atomic mass is 16.5. The van der Waals surface area contributed by atoms with E-state index < -0.39 is 0 Å². The van der Waals surface area contributed by atoms with E-state index in [1.54, 1.807) is 0 Å². The lowest BCUT2D eigenvalue weighted by Crippen LogP contribution is -2.61. The highest BCUT2D eigenvalue weighted by molar-refractivity contribution is 4.97. The van der Waals surface area contributed by atoms with Crippen molar-refractivity contribution in [3.63, 3.8) is 0 Å². The first-order valence-corrected chi connectivity index (χ1v) is 7.68. The summed E-state index contributed by atoms with van der Waals surface area (Å²) < 4.78 is 5.87. The zero-order valence-electron chi connectivity index (χ0n) is 12.1. The topological polar surface area (TPSA) is 24.5 Å². The van der Waals surface area contributed by atoms with Crippen LogP contribution in [0.1, 0.15) is 46.5 Å². The lowest BCUT2D eigenvalue weighted by atomic mass is 9.90. The molecule has 1 N–H and O–H groups in total. The third kappa shape index (κ3) is 2.73. The first-order chi connectivity index (χ1) is 8.55. The van der Waals surface area contributed by atoms with E-state index in [4.69, 9.17) is 4.74 Å². The molecule has 2 heterocycles. The van der Waals surface area contributed by atoms with Gasteiger partial charge >= 0.3 is 0 Å². The summed E-state index contributed by atoms with van der Waals surface area (Å²) in [6, 6.07) is 2.16. The second-order valence-corrected chi connectivity index (χ2v) is 7.15. The van der Waals surface area contributed by atoms with Gasteiger partial charge in [0.1, 0.15) is 0 Å². The maximum absolute atomic E-state index is 5.87. The fraction of sp³-hybridized carbons (Fsp3) is 1.00. The Hall–Kier alpha value is -0.120. The Morgan fingerprint density at radius 2 is 2.00 bits per heavy atom. The van der Waals surface area contributed by atoms with E-state index in [1.807, 2.05) is 0 Å². The summed E-state index contributed by atoms with van der Waals surface area (Å²) in [5.74, 6) is 0.966. The molecule has 3 rings (SSSR count). The number of hydrogen-bond acceptors (Lipinski definition) is 3. The van der Waals surface area contributed by atoms with Crippen LogP contribution in [0, 0.1) is 5.92 Å². The molecule has 0 radical (unpaired) electrons. The smallest absolute Gasteiger partial charge is 0.0641 e. The molecule has 0 amide bonds. The molecule has 2 saturated heterocycles. The SMILES string of the molecule is CC1CNC(C2CC2)CN1C1CCOC(C)(C)C1. The van der Waals surface area contributed by atoms with E-state index in [-0.39, 0.29) is 5.60 Å². The first kappa shape index (κ1) is 12.9. The second kappa shape index (κ2) is 4.77. The van der Waals surface area contributed by atoms with Crippen molar-refractivity contribution in [2.75, 3.05) is 19.7 Å². The standard InChI is InChI=1S/C15H28N2O/c1-11-9-16-14(12-4-5-12)10-17(11)13-6-7-18-15(2,3)8-13/h11-14,16H,4-10H2,1-3H3. The fourth-order valence-electron chi connectivity index (χ4n) is 3.72. The summed E-state index contributed by atoms with van der Waals surface area (Å²) in [6.07, 6.45) is 5.29. The Bertz CT molecular complexity index is 301. The minimum absolute atomic E-state index is 0.0720. The van der Waals surface area contributed by atoms with Gasteiger partial charge in [-0.05, 0) is 52.4 Å². The summed E-state index contributed by atoms with van der Waals surface area (Å²) in [5, 5.41) is 3.75. The van der Waals surface area contributed by atoms with Crippen LogP contribution in [-0.4, -0.2) is 48.3 Å². The predicted molar refractivity (Wildman–Crippen MR) is 73.7 cm³/mol. The summed E-state index contributed by atoms with van der Waals surface area (Å²) in [6.45, 7) is 10.2. The van der Waals surface area contributed by atoms with Crippen LogP contribution in [0.3, 0.4) is 0 Å². The average molecular weight is 252 g/mol. The van der Waals surface area contributed by atoms with E-state index in [9.17, 15) is 0 Å². The third-order valence-corrected chi connectivity index (χ3v) is 4.98. The van der Waals surface area contributed by atoms with Crippen LogP contribution in [-0.2, 0) is 4.74 Å². The van der Waals surface area contributed by atoms with Gasteiger partial charge in [0, 0.05) is 37.8 Å². The second-order valence-electron chi connectivity index (χ2n) is 7.15. The van der Waals surface area contributed by atoms with Crippen LogP contribution in [0.15, 0.2) is 0 Å². The Labute approximate surface area is 111 Å². The molecule has 3 atom stereocenters. The Morgan fingerprint density at radius 1 is 1.22 bits per heavy atom. The summed E-state index contributed by atoms with van der Waals surface area (Å²) in [7, 11) is 0. The number of rotatable bonds is 2. The van der Waals surface area contributed by atoms with Crippen LogP contribution in [0.5, 0.6) is 0 Å². The molecule has 0 spiro atoms. The molecule has 3 unspecified atom stereocenters. The van der Waals surface area contributed by atoms with Crippen LogP contribution in [0.4, 0.5) is 0 Å². The number of ether oxygens (including phenoxy) is 1. The molecule has 0 aromatic rings. The molecule has 18 heavy (non-hydrogen) atoms. The molecule has 2 aliphatic heterocycles. The van der Waals surface area contributed by atoms with E-state index in [1.165, 1.54) is 38.8 Å². The van der Waals surface area contributed by atoms with E-state index in [0.29, 0.717) is 6.04 Å². The zero-order chi connectivity index (χ0) is 12.8. The van der Waals surface area contributed by atoms with Gasteiger partial charge in [-0.3, -0.25) is 4.90 Å². The molecule has 1 aliphatic carbocycles. The van der Waals surface area contributed by atoms with Crippen LogP contribution in [0.2, 0.25) is 0 Å². The summed E-state index contributed by atoms with van der Waals surface area (Å²) in [4.78, 5) is 2.77. The molecule has 104 valence electrons. The minimum atomic E-state index is 0.0720. The number of nitrogens with one attached hydrogen (secondary N) is 1. The summed E-state index contributed by atoms with van der Waals surface area (Å²) >= 11 is 0. The molecule has 1 saturated carbocycles. The minimum Gasteiger partial charge on any atom is -0.375 e. The Balaban J connectivity index is 1.65. The van der Waals surface area contributed by atoms with Gasteiger partial charge in [0.05, 0.1) is 5.60 Å². The Morgan fingerprint density at radius 3 is 2.67 bits per heavy atom. The first-order valence-electron chi connectivity index (χ1n) is 7.68. The lowest BCUT2D eigenvalue weighted by molar-refractivity contribution is -0.0930. The normalized spacial score (nSPS) is 41.8. The van der Waals surface area contributed by atoms with Gasteiger partial charge in [-0.25, -0.2) is 0 Å². The van der Waals surface area contributed by atoms with Gasteiger partial charge < -0.3 is 10.1 Å². The number of hydrogen-bond donors (Lipinski definition) is 1. The molecule has 0 bridgehead atoms. The maximum atomic E-state index is 5.87. The van der Waals surface area contributed by atoms with Gasteiger partial charge in [0.25, 0.3) is 0 Å². The largest absolute Gasteiger partial charge is 0.375 e. The van der Waals surface area contributed by atoms with Crippen molar-refractivity contribution in [3.8, 4) is 0 Å². The van der Waals surface area contributed by atoms with E-state index in [0.717, 1.165) is 24.6 Å². The van der Waals surface area contributed by atoms with Gasteiger partial charge in [-0.2, -0.15) is 0 Å². The average Bonchev–Trinajstić information content (AvgIpc) is 3.12. The highest BCUT2D eigenvalue weighted by Gasteiger charge is 2.40. The highest BCUT2D eigenvalue weighted by Crippen LogP contribution is 2.36. The van der Waals surface area contributed by atoms with Crippen molar-refractivity contribution >= 4 is 0 Å². The quantitative estimate of drug-likeness (QED) is 0.814. The lowest BCUT2D eigenvalue weighted by Gasteiger charge is -2.47. The molecule has 3 nitrogen and oxygen atoms in total. The Kier molecular flexibility index (Phi) is 3.41. The fourth-order valence-corrected chi connectivity index (χ4v) is 3.72. The molecule has 3 heteroatoms. The van der Waals surface area contributed by atoms with Crippen molar-refractivity contribution in [1.29, 1.82) is 0 Å². The van der Waals surface area contributed by atoms with Crippen molar-refractivity contribution in [2.45, 2.75) is 70.2 Å². The molecule has 0 aromatic heterocycles. The number of nitrogens with zero attached hydrogens (tertiary/aromatic N) is 1. The molecule has 3 aliphatic rings. The molecule has 3 fully saturated rings. The van der Waals surface area contributed by atoms with Crippen molar-refractivity contribution < 1.29 is 4.74 Å². The van der Waals surface area contributed by atoms with Crippen LogP contribution >= 0.6 is 0 Å². The van der Waals surface area contributed by atoms with Crippen molar-refractivity contribution in [3.05, 3.63) is 0 Å². The van der Waals surface area contributed by atoms with Crippen LogP contribution < -0.4 is 5.32 Å². The zero-order valence-corrected chi connectivity index (χ0v) is 12.1. The predicted octanol–water partition coefficient (Wildman–Crippen LogP) is 2.02. The maximum Gasteiger partial charge on any atom is 0.0641 e. The van der Waals surface area contributed by atoms with E-state index >= 15 is 0 Å². The van der Waals surface area contributed by atoms with Crippen LogP contribution in [0.25, 0.3) is 0 Å². The summed E-state index contributed by atoms with van der Waals surface area (Å²) in [5.41, 5.74) is 0.0720. The molecule has 0 aromatic carbocycles. The van der Waals surface area contributed by atoms with E-state index in [2.05, 4.69) is 31.0 Å². The van der Waals surface area contributed by atoms with Gasteiger partial charge in [-0.15, -0.1) is 0 Å². The van der Waals surface area contributed by atoms with Gasteiger partial charge in [0.2, 0.25) is 0 Å².